The van der Waals surface area contributed by atoms with Crippen molar-refractivity contribution in [3.8, 4) is 0 Å². The van der Waals surface area contributed by atoms with Gasteiger partial charge in [0.2, 0.25) is 0 Å². The summed E-state index contributed by atoms with van der Waals surface area (Å²) >= 11 is 0. The van der Waals surface area contributed by atoms with Crippen LogP contribution in [0.5, 0.6) is 0 Å². The molecule has 1 N–H and O–H groups in total. The Morgan fingerprint density at radius 2 is 0.892 bits per heavy atom. The summed E-state index contributed by atoms with van der Waals surface area (Å²) in [6, 6.07) is 20.6. The molecule has 0 aromatic heterocycles. The summed E-state index contributed by atoms with van der Waals surface area (Å²) in [7, 11) is 0. The Balaban J connectivity index is -0.000000351. The minimum absolute atomic E-state index is 0.0959. The van der Waals surface area contributed by atoms with Gasteiger partial charge in [-0.3, -0.25) is 34.9 Å². The van der Waals surface area contributed by atoms with Gasteiger partial charge >= 0.3 is 0 Å². The molecular formula is C56H101N7O2. The first kappa shape index (κ1) is 67.6. The summed E-state index contributed by atoms with van der Waals surface area (Å²) in [5, 5.41) is 8.34. The maximum absolute atomic E-state index is 8.34. The van der Waals surface area contributed by atoms with E-state index >= 15 is 0 Å². The lowest BCUT2D eigenvalue weighted by molar-refractivity contribution is 0.0978. The highest BCUT2D eigenvalue weighted by Gasteiger charge is 1.99. The smallest absolute Gasteiger partial charge is 0.0698 e. The lowest BCUT2D eigenvalue weighted by Gasteiger charge is -2.06. The maximum Gasteiger partial charge on any atom is 0.0698 e. The first-order valence-electron chi connectivity index (χ1n) is 25.3. The van der Waals surface area contributed by atoms with E-state index in [1.807, 2.05) is 81.3 Å². The molecule has 0 aliphatic rings. The van der Waals surface area contributed by atoms with Crippen LogP contribution in [0.2, 0.25) is 0 Å². The lowest BCUT2D eigenvalue weighted by atomic mass is 10.1. The molecular weight excluding hydrogens is 803 g/mol. The Bertz CT molecular complexity index is 1360. The zero-order valence-corrected chi connectivity index (χ0v) is 44.1. The first-order valence-corrected chi connectivity index (χ1v) is 25.3. The van der Waals surface area contributed by atoms with Crippen LogP contribution in [0.1, 0.15) is 171 Å². The van der Waals surface area contributed by atoms with Gasteiger partial charge in [-0.1, -0.05) is 162 Å². The second-order valence-electron chi connectivity index (χ2n) is 16.1. The van der Waals surface area contributed by atoms with Crippen molar-refractivity contribution in [1.29, 1.82) is 0 Å². The summed E-state index contributed by atoms with van der Waals surface area (Å²) in [5.74, 6) is 1.86. The van der Waals surface area contributed by atoms with Crippen molar-refractivity contribution in [1.82, 2.24) is 0 Å². The zero-order valence-electron chi connectivity index (χ0n) is 44.1. The van der Waals surface area contributed by atoms with Gasteiger partial charge in [-0.15, -0.1) is 0 Å². The van der Waals surface area contributed by atoms with Crippen LogP contribution in [0.3, 0.4) is 0 Å². The van der Waals surface area contributed by atoms with Gasteiger partial charge in [0, 0.05) is 38.6 Å². The van der Waals surface area contributed by atoms with Crippen LogP contribution in [0, 0.1) is 17.8 Å². The molecule has 0 saturated carbocycles. The van der Waals surface area contributed by atoms with Gasteiger partial charge in [0.15, 0.2) is 0 Å². The Labute approximate surface area is 402 Å². The molecule has 0 bridgehead atoms. The largest absolute Gasteiger partial charge is 0.394 e. The number of hydrogen-bond donors (Lipinski definition) is 1. The molecule has 65 heavy (non-hydrogen) atoms. The third-order valence-electron chi connectivity index (χ3n) is 8.14. The van der Waals surface area contributed by atoms with E-state index < -0.39 is 0 Å². The van der Waals surface area contributed by atoms with Crippen molar-refractivity contribution in [3.63, 3.8) is 0 Å². The van der Waals surface area contributed by atoms with Crippen molar-refractivity contribution < 1.29 is 9.84 Å². The highest BCUT2D eigenvalue weighted by Crippen LogP contribution is 2.06. The molecule has 0 amide bonds. The number of nitrogens with zero attached hydrogens (tertiary/aromatic N) is 7. The Kier molecular flexibility index (Phi) is 64.7. The van der Waals surface area contributed by atoms with E-state index in [9.17, 15) is 0 Å². The fourth-order valence-corrected chi connectivity index (χ4v) is 4.60. The molecule has 0 aliphatic carbocycles. The Morgan fingerprint density at radius 3 is 1.32 bits per heavy atom. The molecule has 1 unspecified atom stereocenters. The molecule has 0 fully saturated rings. The number of benzene rings is 2. The van der Waals surface area contributed by atoms with Crippen LogP contribution in [-0.4, -0.2) is 101 Å². The number of aliphatic hydroxyl groups is 1. The fourth-order valence-electron chi connectivity index (χ4n) is 4.60. The third kappa shape index (κ3) is 69.3. The van der Waals surface area contributed by atoms with Crippen LogP contribution in [-0.2, 0) is 17.8 Å². The first-order chi connectivity index (χ1) is 31.6. The number of hydrogen-bond acceptors (Lipinski definition) is 9. The zero-order chi connectivity index (χ0) is 49.1. The summed E-state index contributed by atoms with van der Waals surface area (Å²) in [6.45, 7) is 33.0. The van der Waals surface area contributed by atoms with Crippen LogP contribution < -0.4 is 0 Å². The maximum atomic E-state index is 8.34. The summed E-state index contributed by atoms with van der Waals surface area (Å²) in [6.07, 6.45) is 27.9. The molecule has 0 heterocycles. The van der Waals surface area contributed by atoms with Crippen molar-refractivity contribution in [2.75, 3.05) is 52.5 Å². The minimum atomic E-state index is 0.0959. The lowest BCUT2D eigenvalue weighted by Crippen LogP contribution is -2.02. The van der Waals surface area contributed by atoms with Crippen molar-refractivity contribution >= 4 is 43.5 Å². The van der Waals surface area contributed by atoms with Gasteiger partial charge in [0.25, 0.3) is 0 Å². The normalized spacial score (nSPS) is 11.7. The third-order valence-corrected chi connectivity index (χ3v) is 8.14. The Morgan fingerprint density at radius 1 is 0.477 bits per heavy atom. The molecule has 1 atom stereocenters. The molecule has 372 valence electrons. The molecule has 0 radical (unpaired) electrons. The number of aliphatic hydroxyl groups excluding tert-OH is 1. The number of rotatable bonds is 29. The predicted molar refractivity (Wildman–Crippen MR) is 296 cm³/mol. The van der Waals surface area contributed by atoms with E-state index in [-0.39, 0.29) is 6.61 Å². The van der Waals surface area contributed by atoms with E-state index in [0.29, 0.717) is 37.5 Å². The fraction of sp³-hybridized carbons (Fsp3) is 0.661. The average molecular weight is 904 g/mol. The van der Waals surface area contributed by atoms with E-state index in [1.54, 1.807) is 0 Å². The van der Waals surface area contributed by atoms with Crippen molar-refractivity contribution in [2.45, 2.75) is 173 Å². The highest BCUT2D eigenvalue weighted by molar-refractivity contribution is 5.60. The van der Waals surface area contributed by atoms with Gasteiger partial charge in [-0.25, -0.2) is 0 Å². The van der Waals surface area contributed by atoms with Gasteiger partial charge in [-0.2, -0.15) is 0 Å². The number of ether oxygens (including phenoxy) is 1. The highest BCUT2D eigenvalue weighted by atomic mass is 16.5. The van der Waals surface area contributed by atoms with Gasteiger partial charge < -0.3 is 9.84 Å². The minimum Gasteiger partial charge on any atom is -0.394 e. The molecule has 0 aliphatic heterocycles. The standard InChI is InChI=1S/C14H28N2.2C11H15N.C8H17NO2.2C6H13N/c1-4-6-10-15-12-8-9-14(3)13-16-11-7-5-2;1-10(2)8-12-9-11-6-4-3-5-7-11;1-2-3-9-12-10-11-7-5-4-6-8-11;1-2-3-4-9-5-7-11-8-6-10;1-4-7-5-6(2)3;1-3-5-6-7-4-2/h10-11,14H,4-9,12-13H2,1-3H3;3-8,10H,9H2,1-2H3;4-9H,2-3,10H2,1H3;4,10H,2-3,5-8H2,1H3;5-6H,4H2,1-3H3;6H,3-5H2,1-2H3. The molecule has 2 aromatic rings. The van der Waals surface area contributed by atoms with Crippen LogP contribution in [0.4, 0.5) is 0 Å². The van der Waals surface area contributed by atoms with E-state index in [0.717, 1.165) is 77.8 Å². The van der Waals surface area contributed by atoms with Gasteiger partial charge in [-0.05, 0) is 119 Å². The summed E-state index contributed by atoms with van der Waals surface area (Å²) in [4.78, 5) is 29.6. The van der Waals surface area contributed by atoms with E-state index in [4.69, 9.17) is 9.84 Å². The summed E-state index contributed by atoms with van der Waals surface area (Å²) < 4.78 is 5.00. The van der Waals surface area contributed by atoms with Crippen LogP contribution in [0.25, 0.3) is 0 Å². The SMILES string of the molecule is CC(C)C=NCc1ccccc1.CCCC=NCC.CCCC=NCCCC(C)CN=CCCC.CCCC=NCCOCCO.CCCC=NCc1ccccc1.CCN=CC(C)C. The number of aliphatic imine (C=N–C) groups is 7. The molecule has 2 aromatic carbocycles. The summed E-state index contributed by atoms with van der Waals surface area (Å²) in [5.41, 5.74) is 2.55. The molecule has 9 heteroatoms. The van der Waals surface area contributed by atoms with E-state index in [1.165, 1.54) is 49.7 Å². The van der Waals surface area contributed by atoms with Crippen LogP contribution in [0.15, 0.2) is 95.6 Å². The topological polar surface area (TPSA) is 116 Å². The number of unbranched alkanes of at least 4 members (excludes halogenated alkanes) is 5. The second kappa shape index (κ2) is 62.1. The van der Waals surface area contributed by atoms with E-state index in [2.05, 4.69) is 141 Å². The molecule has 0 saturated heterocycles. The van der Waals surface area contributed by atoms with Gasteiger partial charge in [0.1, 0.15) is 0 Å². The monoisotopic (exact) mass is 904 g/mol. The quantitative estimate of drug-likeness (QED) is 0.0647. The predicted octanol–water partition coefficient (Wildman–Crippen LogP) is 14.6. The molecule has 2 rings (SSSR count). The van der Waals surface area contributed by atoms with Crippen molar-refractivity contribution in [3.05, 3.63) is 71.8 Å². The average Bonchev–Trinajstić information content (AvgIpc) is 3.31. The Hall–Kier alpha value is -3.95. The molecule has 0 spiro atoms. The molecule has 9 nitrogen and oxygen atoms in total. The van der Waals surface area contributed by atoms with Crippen LogP contribution >= 0.6 is 0 Å². The van der Waals surface area contributed by atoms with Crippen molar-refractivity contribution in [2.24, 2.45) is 52.7 Å². The second-order valence-corrected chi connectivity index (χ2v) is 16.1. The van der Waals surface area contributed by atoms with Gasteiger partial charge in [0.05, 0.1) is 39.5 Å².